The van der Waals surface area contributed by atoms with Crippen LogP contribution in [0.25, 0.3) is 11.1 Å². The molecule has 2 heterocycles. The van der Waals surface area contributed by atoms with Gasteiger partial charge in [0.05, 0.1) is 12.5 Å². The van der Waals surface area contributed by atoms with Crippen molar-refractivity contribution in [2.45, 2.75) is 34.1 Å². The lowest BCUT2D eigenvalue weighted by molar-refractivity contribution is 0.588. The molecule has 0 spiro atoms. The Morgan fingerprint density at radius 3 is 2.46 bits per heavy atom. The Morgan fingerprint density at radius 1 is 1.08 bits per heavy atom. The maximum Gasteiger partial charge on any atom is 0.305 e. The lowest BCUT2D eigenvalue weighted by Gasteiger charge is -2.18. The van der Waals surface area contributed by atoms with E-state index in [9.17, 15) is 0 Å². The molecule has 0 radical (unpaired) electrons. The van der Waals surface area contributed by atoms with Crippen LogP contribution in [-0.4, -0.2) is 21.5 Å². The van der Waals surface area contributed by atoms with Crippen LogP contribution in [0.5, 0.6) is 0 Å². The second kappa shape index (κ2) is 6.28. The molecule has 0 aliphatic rings. The highest BCUT2D eigenvalue weighted by molar-refractivity contribution is 5.76. The maximum atomic E-state index is 8.97. The highest BCUT2D eigenvalue weighted by atomic mass is 16.4. The van der Waals surface area contributed by atoms with Crippen LogP contribution in [0.2, 0.25) is 0 Å². The van der Waals surface area contributed by atoms with Crippen molar-refractivity contribution in [1.82, 2.24) is 15.0 Å². The van der Waals surface area contributed by atoms with Gasteiger partial charge in [0.1, 0.15) is 5.52 Å². The number of rotatable bonds is 4. The van der Waals surface area contributed by atoms with Gasteiger partial charge in [0.15, 0.2) is 5.58 Å². The van der Waals surface area contributed by atoms with Crippen molar-refractivity contribution < 1.29 is 4.42 Å². The monoisotopic (exact) mass is 321 g/mol. The molecule has 0 aliphatic heterocycles. The molecule has 0 bridgehead atoms. The predicted molar refractivity (Wildman–Crippen MR) is 92.2 cm³/mol. The average Bonchev–Trinajstić information content (AvgIpc) is 2.95. The molecule has 122 valence electrons. The fourth-order valence-corrected chi connectivity index (χ4v) is 2.46. The van der Waals surface area contributed by atoms with E-state index in [1.54, 1.807) is 4.90 Å². The molecule has 0 amide bonds. The minimum absolute atomic E-state index is 0.326. The van der Waals surface area contributed by atoms with Gasteiger partial charge in [0.2, 0.25) is 5.95 Å². The Labute approximate surface area is 140 Å². The number of anilines is 2. The van der Waals surface area contributed by atoms with E-state index in [1.807, 2.05) is 45.9 Å². The lowest BCUT2D eigenvalue weighted by atomic mass is 10.2. The topological polar surface area (TPSA) is 78.8 Å². The van der Waals surface area contributed by atoms with Crippen LogP contribution in [0, 0.1) is 39.0 Å². The molecule has 3 aromatic rings. The zero-order valence-electron chi connectivity index (χ0n) is 14.3. The largest absolute Gasteiger partial charge is 0.423 e. The van der Waals surface area contributed by atoms with Gasteiger partial charge in [-0.25, -0.2) is 9.97 Å². The fourth-order valence-electron chi connectivity index (χ4n) is 2.46. The van der Waals surface area contributed by atoms with Crippen molar-refractivity contribution in [2.75, 3.05) is 11.4 Å². The van der Waals surface area contributed by atoms with Crippen LogP contribution < -0.4 is 4.90 Å². The minimum Gasteiger partial charge on any atom is -0.423 e. The van der Waals surface area contributed by atoms with Gasteiger partial charge in [-0.2, -0.15) is 10.2 Å². The summed E-state index contributed by atoms with van der Waals surface area (Å²) in [5, 5.41) is 8.97. The van der Waals surface area contributed by atoms with Gasteiger partial charge >= 0.3 is 6.01 Å². The van der Waals surface area contributed by atoms with Crippen molar-refractivity contribution >= 4 is 23.1 Å². The fraction of sp³-hybridized carbons (Fsp3) is 0.333. The van der Waals surface area contributed by atoms with E-state index in [0.29, 0.717) is 30.5 Å². The third-order valence-electron chi connectivity index (χ3n) is 4.07. The summed E-state index contributed by atoms with van der Waals surface area (Å²) in [6.45, 7) is 8.33. The molecular weight excluding hydrogens is 302 g/mol. The molecule has 1 aromatic carbocycles. The first-order valence-corrected chi connectivity index (χ1v) is 7.83. The van der Waals surface area contributed by atoms with Crippen LogP contribution >= 0.6 is 0 Å². The highest BCUT2D eigenvalue weighted by Gasteiger charge is 2.20. The Hall–Kier alpha value is -2.94. The first kappa shape index (κ1) is 15.9. The number of fused-ring (bicyclic) bond motifs is 1. The van der Waals surface area contributed by atoms with Gasteiger partial charge in [-0.1, -0.05) is 6.07 Å². The van der Waals surface area contributed by atoms with E-state index < -0.39 is 0 Å². The summed E-state index contributed by atoms with van der Waals surface area (Å²) >= 11 is 0. The Kier molecular flexibility index (Phi) is 4.17. The van der Waals surface area contributed by atoms with E-state index in [2.05, 4.69) is 21.0 Å². The summed E-state index contributed by atoms with van der Waals surface area (Å²) in [6, 6.07) is 8.41. The van der Waals surface area contributed by atoms with Crippen molar-refractivity contribution in [3.63, 3.8) is 0 Å². The van der Waals surface area contributed by atoms with Crippen LogP contribution in [-0.2, 0) is 0 Å². The molecule has 0 N–H and O–H groups in total. The van der Waals surface area contributed by atoms with Crippen molar-refractivity contribution in [3.05, 3.63) is 40.7 Å². The second-order valence-corrected chi connectivity index (χ2v) is 5.85. The van der Waals surface area contributed by atoms with E-state index >= 15 is 0 Å². The molecule has 0 aliphatic carbocycles. The summed E-state index contributed by atoms with van der Waals surface area (Å²) in [5.41, 5.74) is 5.49. The summed E-state index contributed by atoms with van der Waals surface area (Å²) in [5.74, 6) is 0.508. The van der Waals surface area contributed by atoms with Crippen LogP contribution in [0.15, 0.2) is 22.6 Å². The molecule has 6 nitrogen and oxygen atoms in total. The molecule has 0 saturated carbocycles. The van der Waals surface area contributed by atoms with Gasteiger partial charge in [-0.3, -0.25) is 4.90 Å². The van der Waals surface area contributed by atoms with Crippen LogP contribution in [0.1, 0.15) is 28.9 Å². The van der Waals surface area contributed by atoms with Crippen LogP contribution in [0.4, 0.5) is 12.0 Å². The zero-order chi connectivity index (χ0) is 17.3. The smallest absolute Gasteiger partial charge is 0.305 e. The van der Waals surface area contributed by atoms with Gasteiger partial charge in [0.25, 0.3) is 0 Å². The third kappa shape index (κ3) is 2.93. The number of nitrogens with zero attached hydrogens (tertiary/aromatic N) is 5. The van der Waals surface area contributed by atoms with Crippen molar-refractivity contribution in [2.24, 2.45) is 0 Å². The Balaban J connectivity index is 2.10. The molecule has 0 unspecified atom stereocenters. The number of oxazole rings is 1. The lowest BCUT2D eigenvalue weighted by Crippen LogP contribution is -2.22. The number of aryl methyl sites for hydroxylation is 3. The molecule has 6 heteroatoms. The van der Waals surface area contributed by atoms with E-state index in [4.69, 9.17) is 9.68 Å². The van der Waals surface area contributed by atoms with Crippen LogP contribution in [0.3, 0.4) is 0 Å². The first-order chi connectivity index (χ1) is 11.5. The van der Waals surface area contributed by atoms with Gasteiger partial charge in [0, 0.05) is 17.9 Å². The molecular formula is C18H19N5O. The number of aromatic nitrogens is 3. The number of nitriles is 1. The standard InChI is InChI=1S/C18H19N5O/c1-11-6-7-16-15(10-11)22-18(24-16)23(9-5-8-19)17-20-13(3)12(2)14(4)21-17/h6-7,10H,5,9H2,1-4H3. The maximum absolute atomic E-state index is 8.97. The molecule has 0 atom stereocenters. The summed E-state index contributed by atoms with van der Waals surface area (Å²) in [4.78, 5) is 15.4. The Bertz CT molecular complexity index is 915. The normalized spacial score (nSPS) is 10.8. The molecule has 2 aromatic heterocycles. The molecule has 0 saturated heterocycles. The minimum atomic E-state index is 0.326. The Morgan fingerprint density at radius 2 is 1.79 bits per heavy atom. The summed E-state index contributed by atoms with van der Waals surface area (Å²) in [6.07, 6.45) is 0.326. The molecule has 3 rings (SSSR count). The average molecular weight is 321 g/mol. The van der Waals surface area contributed by atoms with Crippen molar-refractivity contribution in [3.8, 4) is 6.07 Å². The van der Waals surface area contributed by atoms with Gasteiger partial charge < -0.3 is 4.42 Å². The first-order valence-electron chi connectivity index (χ1n) is 7.83. The highest BCUT2D eigenvalue weighted by Crippen LogP contribution is 2.27. The summed E-state index contributed by atoms with van der Waals surface area (Å²) < 4.78 is 5.87. The van der Waals surface area contributed by atoms with Gasteiger partial charge in [-0.05, 0) is 51.0 Å². The van der Waals surface area contributed by atoms with E-state index in [1.165, 1.54) is 0 Å². The van der Waals surface area contributed by atoms with E-state index in [0.717, 1.165) is 28.0 Å². The van der Waals surface area contributed by atoms with Crippen molar-refractivity contribution in [1.29, 1.82) is 5.26 Å². The number of hydrogen-bond donors (Lipinski definition) is 0. The number of hydrogen-bond acceptors (Lipinski definition) is 6. The third-order valence-corrected chi connectivity index (χ3v) is 4.07. The SMILES string of the molecule is Cc1ccc2oc(N(CCC#N)c3nc(C)c(C)c(C)n3)nc2c1. The predicted octanol–water partition coefficient (Wildman–Crippen LogP) is 3.90. The summed E-state index contributed by atoms with van der Waals surface area (Å²) in [7, 11) is 0. The molecule has 24 heavy (non-hydrogen) atoms. The molecule has 0 fully saturated rings. The van der Waals surface area contributed by atoms with Gasteiger partial charge in [-0.15, -0.1) is 0 Å². The number of benzene rings is 1. The second-order valence-electron chi connectivity index (χ2n) is 5.85. The quantitative estimate of drug-likeness (QED) is 0.725. The zero-order valence-corrected chi connectivity index (χ0v) is 14.3. The van der Waals surface area contributed by atoms with E-state index in [-0.39, 0.29) is 0 Å².